The van der Waals surface area contributed by atoms with Gasteiger partial charge in [0.05, 0.1) is 0 Å². The number of alkyl halides is 7. The third-order valence-corrected chi connectivity index (χ3v) is 5.35. The highest BCUT2D eigenvalue weighted by Gasteiger charge is 2.60. The second-order valence-electron chi connectivity index (χ2n) is 7.89. The summed E-state index contributed by atoms with van der Waals surface area (Å²) in [5, 5.41) is 0. The van der Waals surface area contributed by atoms with Crippen LogP contribution in [0.5, 0.6) is 5.75 Å². The van der Waals surface area contributed by atoms with E-state index in [-0.39, 0.29) is 11.6 Å². The highest BCUT2D eigenvalue weighted by Crippen LogP contribution is 2.50. The van der Waals surface area contributed by atoms with E-state index in [1.807, 2.05) is 6.92 Å². The molecule has 11 heteroatoms. The molecule has 0 aliphatic heterocycles. The van der Waals surface area contributed by atoms with Gasteiger partial charge in [-0.2, -0.15) is 22.0 Å². The van der Waals surface area contributed by atoms with E-state index in [1.165, 1.54) is 18.2 Å². The minimum Gasteiger partial charge on any atom is -0.424 e. The van der Waals surface area contributed by atoms with Crippen molar-refractivity contribution in [1.29, 1.82) is 0 Å². The van der Waals surface area contributed by atoms with Gasteiger partial charge in [-0.25, -0.2) is 22.0 Å². The molecule has 0 heterocycles. The number of allylic oxidation sites excluding steroid dienone is 4. The third-order valence-electron chi connectivity index (χ3n) is 5.35. The molecule has 0 aromatic heterocycles. The van der Waals surface area contributed by atoms with Crippen LogP contribution in [-0.2, 0) is 12.1 Å². The van der Waals surface area contributed by atoms with E-state index < -0.39 is 64.9 Å². The number of ether oxygens (including phenoxy) is 1. The molecule has 2 aromatic rings. The molecule has 0 saturated heterocycles. The smallest absolute Gasteiger partial charge is 0.424 e. The topological polar surface area (TPSA) is 9.23 Å². The molecular weight excluding hydrogens is 494 g/mol. The summed E-state index contributed by atoms with van der Waals surface area (Å²) in [6, 6.07) is 6.70. The molecule has 0 radical (unpaired) electrons. The van der Waals surface area contributed by atoms with Crippen molar-refractivity contribution in [3.8, 4) is 5.75 Å². The van der Waals surface area contributed by atoms with E-state index in [9.17, 15) is 35.1 Å². The SMILES string of the molecule is CCCc1cccc(C2=C(F)C=CCC2(F)c2ccc(F)c(OC(F)(F)C(F)C(F)(F)F)c2F)c1. The van der Waals surface area contributed by atoms with Crippen LogP contribution in [-0.4, -0.2) is 18.5 Å². The summed E-state index contributed by atoms with van der Waals surface area (Å²) in [4.78, 5) is 0. The predicted octanol–water partition coefficient (Wildman–Crippen LogP) is 8.29. The van der Waals surface area contributed by atoms with Gasteiger partial charge >= 0.3 is 12.3 Å². The number of hydrogen-bond acceptors (Lipinski definition) is 1. The Balaban J connectivity index is 2.14. The lowest BCUT2D eigenvalue weighted by Gasteiger charge is -2.32. The first-order chi connectivity index (χ1) is 16.2. The van der Waals surface area contributed by atoms with Crippen molar-refractivity contribution < 1.29 is 48.6 Å². The molecule has 1 nitrogen and oxygen atoms in total. The van der Waals surface area contributed by atoms with Gasteiger partial charge in [0.2, 0.25) is 0 Å². The second kappa shape index (κ2) is 9.58. The van der Waals surface area contributed by atoms with Gasteiger partial charge in [0.1, 0.15) is 5.83 Å². The number of aryl methyl sites for hydroxylation is 1. The average Bonchev–Trinajstić information content (AvgIpc) is 2.76. The van der Waals surface area contributed by atoms with Gasteiger partial charge in [0.15, 0.2) is 23.1 Å². The van der Waals surface area contributed by atoms with Crippen LogP contribution in [0.4, 0.5) is 43.9 Å². The van der Waals surface area contributed by atoms with E-state index in [0.29, 0.717) is 24.5 Å². The Labute approximate surface area is 193 Å². The first kappa shape index (κ1) is 26.6. The molecule has 2 atom stereocenters. The zero-order valence-corrected chi connectivity index (χ0v) is 18.0. The molecule has 1 aliphatic rings. The minimum atomic E-state index is -6.12. The first-order valence-corrected chi connectivity index (χ1v) is 10.3. The lowest BCUT2D eigenvalue weighted by Crippen LogP contribution is -2.46. The van der Waals surface area contributed by atoms with Crippen LogP contribution in [0.2, 0.25) is 0 Å². The highest BCUT2D eigenvalue weighted by atomic mass is 19.4. The Morgan fingerprint density at radius 3 is 2.34 bits per heavy atom. The third kappa shape index (κ3) is 5.18. The van der Waals surface area contributed by atoms with Crippen molar-refractivity contribution in [1.82, 2.24) is 0 Å². The molecule has 0 N–H and O–H groups in total. The molecule has 3 rings (SSSR count). The Morgan fingerprint density at radius 1 is 1.03 bits per heavy atom. The van der Waals surface area contributed by atoms with Crippen molar-refractivity contribution in [3.05, 3.63) is 82.7 Å². The van der Waals surface area contributed by atoms with Crippen molar-refractivity contribution in [2.24, 2.45) is 0 Å². The molecule has 35 heavy (non-hydrogen) atoms. The molecule has 0 amide bonds. The van der Waals surface area contributed by atoms with Gasteiger partial charge in [-0.1, -0.05) is 43.7 Å². The summed E-state index contributed by atoms with van der Waals surface area (Å²) >= 11 is 0. The van der Waals surface area contributed by atoms with Gasteiger partial charge in [-0.15, -0.1) is 0 Å². The fourth-order valence-corrected chi connectivity index (χ4v) is 3.79. The van der Waals surface area contributed by atoms with Crippen LogP contribution in [0.15, 0.2) is 54.4 Å². The Bertz CT molecular complexity index is 1150. The molecular formula is C24H18F10O. The maximum Gasteiger partial charge on any atom is 0.439 e. The largest absolute Gasteiger partial charge is 0.439 e. The minimum absolute atomic E-state index is 0.0160. The quantitative estimate of drug-likeness (QED) is 0.339. The second-order valence-corrected chi connectivity index (χ2v) is 7.89. The highest BCUT2D eigenvalue weighted by molar-refractivity contribution is 5.79. The first-order valence-electron chi connectivity index (χ1n) is 10.3. The van der Waals surface area contributed by atoms with Crippen molar-refractivity contribution in [3.63, 3.8) is 0 Å². The Kier molecular flexibility index (Phi) is 7.29. The maximum atomic E-state index is 16.4. The lowest BCUT2D eigenvalue weighted by molar-refractivity contribution is -0.306. The fourth-order valence-electron chi connectivity index (χ4n) is 3.79. The summed E-state index contributed by atoms with van der Waals surface area (Å²) in [5.41, 5.74) is -4.29. The van der Waals surface area contributed by atoms with E-state index in [2.05, 4.69) is 4.74 Å². The fraction of sp³-hybridized carbons (Fsp3) is 0.333. The van der Waals surface area contributed by atoms with Gasteiger partial charge in [-0.05, 0) is 35.8 Å². The van der Waals surface area contributed by atoms with Crippen molar-refractivity contribution in [2.75, 3.05) is 0 Å². The molecule has 1 aliphatic carbocycles. The summed E-state index contributed by atoms with van der Waals surface area (Å²) < 4.78 is 142. The van der Waals surface area contributed by atoms with Crippen molar-refractivity contribution in [2.45, 2.75) is 50.3 Å². The summed E-state index contributed by atoms with van der Waals surface area (Å²) in [6.07, 6.45) is -14.4. The van der Waals surface area contributed by atoms with Gasteiger partial charge in [0, 0.05) is 17.6 Å². The average molecular weight is 512 g/mol. The molecule has 0 fully saturated rings. The van der Waals surface area contributed by atoms with Crippen LogP contribution in [0.3, 0.4) is 0 Å². The van der Waals surface area contributed by atoms with Gasteiger partial charge in [0.25, 0.3) is 6.17 Å². The lowest BCUT2D eigenvalue weighted by atomic mass is 9.78. The maximum absolute atomic E-state index is 16.4. The molecule has 0 spiro atoms. The Hall–Kier alpha value is -2.98. The van der Waals surface area contributed by atoms with Crippen molar-refractivity contribution >= 4 is 5.57 Å². The summed E-state index contributed by atoms with van der Waals surface area (Å²) in [6.45, 7) is 1.86. The van der Waals surface area contributed by atoms with Crippen LogP contribution < -0.4 is 4.74 Å². The summed E-state index contributed by atoms with van der Waals surface area (Å²) in [7, 11) is 0. The van der Waals surface area contributed by atoms with Crippen LogP contribution in [0.25, 0.3) is 5.57 Å². The van der Waals surface area contributed by atoms with Gasteiger partial charge in [-0.3, -0.25) is 0 Å². The molecule has 190 valence electrons. The zero-order chi connectivity index (χ0) is 26.2. The number of halogens is 10. The van der Waals surface area contributed by atoms with Crippen LogP contribution in [0, 0.1) is 11.6 Å². The van der Waals surface area contributed by atoms with E-state index in [4.69, 9.17) is 0 Å². The number of rotatable bonds is 7. The summed E-state index contributed by atoms with van der Waals surface area (Å²) in [5.74, 6) is -7.37. The van der Waals surface area contributed by atoms with Gasteiger partial charge < -0.3 is 4.74 Å². The van der Waals surface area contributed by atoms with E-state index in [1.54, 1.807) is 6.07 Å². The van der Waals surface area contributed by atoms with Crippen LogP contribution >= 0.6 is 0 Å². The standard InChI is InChI=1S/C24H18F10O/c1-2-5-13-6-3-7-14(12-13)18-16(25)8-4-11-22(18,29)15-9-10-17(26)20(19(15)27)35-24(33,34)21(28)23(30,31)32/h3-4,6-10,12,21H,2,5,11H2,1H3. The normalized spacial score (nSPS) is 19.7. The number of benzene rings is 2. The number of hydrogen-bond donors (Lipinski definition) is 0. The van der Waals surface area contributed by atoms with E-state index >= 15 is 8.78 Å². The Morgan fingerprint density at radius 2 is 1.71 bits per heavy atom. The van der Waals surface area contributed by atoms with Crippen LogP contribution in [0.1, 0.15) is 36.5 Å². The predicted molar refractivity (Wildman–Crippen MR) is 108 cm³/mol. The molecule has 0 saturated carbocycles. The monoisotopic (exact) mass is 512 g/mol. The molecule has 2 unspecified atom stereocenters. The molecule has 0 bridgehead atoms. The molecule has 2 aromatic carbocycles. The zero-order valence-electron chi connectivity index (χ0n) is 18.0. The van der Waals surface area contributed by atoms with E-state index in [0.717, 1.165) is 12.2 Å².